The van der Waals surface area contributed by atoms with E-state index in [0.29, 0.717) is 17.3 Å². The maximum absolute atomic E-state index is 13.5. The van der Waals surface area contributed by atoms with Crippen LogP contribution in [-0.2, 0) is 6.54 Å². The van der Waals surface area contributed by atoms with E-state index < -0.39 is 0 Å². The summed E-state index contributed by atoms with van der Waals surface area (Å²) < 4.78 is 21.3. The Morgan fingerprint density at radius 3 is 2.96 bits per heavy atom. The third kappa shape index (κ3) is 2.22. The number of fused-ring (bicyclic) bond motifs is 4. The number of benzene rings is 2. The molecule has 0 N–H and O–H groups in total. The molecule has 5 rings (SSSR count). The highest BCUT2D eigenvalue weighted by Gasteiger charge is 2.22. The van der Waals surface area contributed by atoms with Gasteiger partial charge in [-0.15, -0.1) is 0 Å². The Bertz CT molecular complexity index is 1160. The van der Waals surface area contributed by atoms with Gasteiger partial charge in [-0.3, -0.25) is 4.99 Å². The van der Waals surface area contributed by atoms with Crippen LogP contribution in [0, 0.1) is 5.82 Å². The molecule has 0 unspecified atom stereocenters. The molecule has 5 heteroatoms. The van der Waals surface area contributed by atoms with Crippen molar-refractivity contribution in [2.45, 2.75) is 6.54 Å². The normalized spacial score (nSPS) is 13.3. The Kier molecular flexibility index (Phi) is 3.09. The van der Waals surface area contributed by atoms with Gasteiger partial charge in [0.2, 0.25) is 0 Å². The third-order valence-corrected chi connectivity index (χ3v) is 4.72. The van der Waals surface area contributed by atoms with E-state index in [0.717, 1.165) is 33.4 Å². The number of hydrogen-bond donors (Lipinski definition) is 0. The van der Waals surface area contributed by atoms with E-state index in [4.69, 9.17) is 21.0 Å². The van der Waals surface area contributed by atoms with Gasteiger partial charge in [0.1, 0.15) is 11.5 Å². The lowest BCUT2D eigenvalue weighted by molar-refractivity contribution is 0.562. The molecule has 0 bridgehead atoms. The summed E-state index contributed by atoms with van der Waals surface area (Å²) in [5, 5.41) is 2.25. The molecule has 0 saturated heterocycles. The van der Waals surface area contributed by atoms with Crippen LogP contribution in [0.3, 0.4) is 0 Å². The lowest BCUT2D eigenvalue weighted by Crippen LogP contribution is -2.07. The fourth-order valence-electron chi connectivity index (χ4n) is 3.32. The number of aliphatic imine (C=N–C) groups is 1. The first-order valence-corrected chi connectivity index (χ1v) is 8.26. The van der Waals surface area contributed by atoms with Gasteiger partial charge in [0, 0.05) is 22.0 Å². The van der Waals surface area contributed by atoms with Crippen molar-refractivity contribution in [1.82, 2.24) is 4.57 Å². The molecular weight excluding hydrogens is 339 g/mol. The van der Waals surface area contributed by atoms with Crippen LogP contribution in [0.4, 0.5) is 4.39 Å². The number of furan rings is 1. The first kappa shape index (κ1) is 14.5. The fraction of sp³-hybridized carbons (Fsp3) is 0.0500. The molecule has 0 fully saturated rings. The van der Waals surface area contributed by atoms with Gasteiger partial charge in [-0.05, 0) is 48.0 Å². The van der Waals surface area contributed by atoms with Gasteiger partial charge in [-0.25, -0.2) is 4.39 Å². The Balaban J connectivity index is 1.75. The summed E-state index contributed by atoms with van der Waals surface area (Å²) >= 11 is 6.19. The maximum Gasteiger partial charge on any atom is 0.161 e. The highest BCUT2D eigenvalue weighted by molar-refractivity contribution is 6.30. The number of rotatable bonds is 1. The van der Waals surface area contributed by atoms with Gasteiger partial charge in [0.05, 0.1) is 24.2 Å². The van der Waals surface area contributed by atoms with Gasteiger partial charge in [-0.1, -0.05) is 17.7 Å². The van der Waals surface area contributed by atoms with Gasteiger partial charge in [0.25, 0.3) is 0 Å². The second-order valence-electron chi connectivity index (χ2n) is 6.00. The Labute approximate surface area is 148 Å². The smallest absolute Gasteiger partial charge is 0.161 e. The first-order valence-electron chi connectivity index (χ1n) is 7.89. The Hall–Kier alpha value is -2.85. The number of nitrogens with zero attached hydrogens (tertiary/aromatic N) is 2. The molecule has 3 nitrogen and oxygen atoms in total. The zero-order valence-electron chi connectivity index (χ0n) is 13.0. The molecule has 0 spiro atoms. The molecule has 0 atom stereocenters. The van der Waals surface area contributed by atoms with Crippen molar-refractivity contribution >= 4 is 28.1 Å². The standard InChI is InChI=1S/C20H12ClFN2O/c21-14-4-3-12-10-23-19(17-2-1-7-24(17)18(12)9-14)20-16-6-5-15(22)8-13(16)11-25-20/h1-9,11H,10H2. The monoisotopic (exact) mass is 350 g/mol. The zero-order chi connectivity index (χ0) is 17.0. The number of halogens is 2. The van der Waals surface area contributed by atoms with Crippen LogP contribution in [0.15, 0.2) is 70.4 Å². The molecule has 0 aliphatic carbocycles. The van der Waals surface area contributed by atoms with Crippen molar-refractivity contribution < 1.29 is 8.81 Å². The quantitative estimate of drug-likeness (QED) is 0.454. The van der Waals surface area contributed by atoms with Crippen molar-refractivity contribution in [3.05, 3.63) is 88.8 Å². The van der Waals surface area contributed by atoms with Crippen molar-refractivity contribution in [3.8, 4) is 5.69 Å². The predicted molar refractivity (Wildman–Crippen MR) is 96.3 cm³/mol. The van der Waals surface area contributed by atoms with E-state index in [-0.39, 0.29) is 5.82 Å². The molecule has 2 aromatic carbocycles. The van der Waals surface area contributed by atoms with Crippen LogP contribution in [0.25, 0.3) is 16.5 Å². The molecule has 0 saturated carbocycles. The highest BCUT2D eigenvalue weighted by Crippen LogP contribution is 2.30. The van der Waals surface area contributed by atoms with Gasteiger partial charge in [0.15, 0.2) is 5.76 Å². The third-order valence-electron chi connectivity index (χ3n) is 4.48. The van der Waals surface area contributed by atoms with Crippen LogP contribution < -0.4 is 0 Å². The van der Waals surface area contributed by atoms with E-state index in [9.17, 15) is 4.39 Å². The van der Waals surface area contributed by atoms with Crippen molar-refractivity contribution in [2.24, 2.45) is 4.99 Å². The molecule has 4 aromatic rings. The molecule has 0 radical (unpaired) electrons. The van der Waals surface area contributed by atoms with Crippen molar-refractivity contribution in [3.63, 3.8) is 0 Å². The van der Waals surface area contributed by atoms with Crippen LogP contribution >= 0.6 is 11.6 Å². The topological polar surface area (TPSA) is 30.4 Å². The summed E-state index contributed by atoms with van der Waals surface area (Å²) in [5.41, 5.74) is 3.76. The number of hydrogen-bond acceptors (Lipinski definition) is 2. The lowest BCUT2D eigenvalue weighted by atomic mass is 10.1. The lowest BCUT2D eigenvalue weighted by Gasteiger charge is -2.10. The van der Waals surface area contributed by atoms with Crippen LogP contribution in [0.2, 0.25) is 5.02 Å². The van der Waals surface area contributed by atoms with Gasteiger partial charge >= 0.3 is 0 Å². The first-order chi connectivity index (χ1) is 12.2. The largest absolute Gasteiger partial charge is 0.461 e. The Morgan fingerprint density at radius 1 is 1.12 bits per heavy atom. The highest BCUT2D eigenvalue weighted by atomic mass is 35.5. The Morgan fingerprint density at radius 2 is 2.04 bits per heavy atom. The SMILES string of the molecule is Fc1ccc2c(C3=NCc4ccc(Cl)cc4-n4cccc43)occ2c1. The molecule has 2 aromatic heterocycles. The van der Waals surface area contributed by atoms with Crippen LogP contribution in [0.1, 0.15) is 17.0 Å². The summed E-state index contributed by atoms with van der Waals surface area (Å²) in [7, 11) is 0. The van der Waals surface area contributed by atoms with Crippen LogP contribution in [0.5, 0.6) is 0 Å². The van der Waals surface area contributed by atoms with E-state index in [2.05, 4.69) is 4.57 Å². The molecule has 0 amide bonds. The predicted octanol–water partition coefficient (Wildman–Crippen LogP) is 5.37. The van der Waals surface area contributed by atoms with Crippen molar-refractivity contribution in [2.75, 3.05) is 0 Å². The molecule has 1 aliphatic rings. The summed E-state index contributed by atoms with van der Waals surface area (Å²) in [4.78, 5) is 4.79. The van der Waals surface area contributed by atoms with Crippen molar-refractivity contribution in [1.29, 1.82) is 0 Å². The minimum absolute atomic E-state index is 0.284. The summed E-state index contributed by atoms with van der Waals surface area (Å²) in [6.07, 6.45) is 3.55. The van der Waals surface area contributed by atoms with E-state index in [1.165, 1.54) is 12.1 Å². The van der Waals surface area contributed by atoms with Crippen LogP contribution in [-0.4, -0.2) is 10.3 Å². The summed E-state index contributed by atoms with van der Waals surface area (Å²) in [5.74, 6) is 0.363. The minimum atomic E-state index is -0.284. The van der Waals surface area contributed by atoms with E-state index >= 15 is 0 Å². The second kappa shape index (κ2) is 5.33. The molecule has 1 aliphatic heterocycles. The molecule has 25 heavy (non-hydrogen) atoms. The minimum Gasteiger partial charge on any atom is -0.461 e. The zero-order valence-corrected chi connectivity index (χ0v) is 13.8. The summed E-state index contributed by atoms with van der Waals surface area (Å²) in [6.45, 7) is 0.521. The van der Waals surface area contributed by atoms with E-state index in [1.54, 1.807) is 12.3 Å². The second-order valence-corrected chi connectivity index (χ2v) is 6.43. The molecule has 3 heterocycles. The van der Waals surface area contributed by atoms with E-state index in [1.807, 2.05) is 36.5 Å². The average Bonchev–Trinajstić information content (AvgIpc) is 3.21. The number of aromatic nitrogens is 1. The fourth-order valence-corrected chi connectivity index (χ4v) is 3.49. The maximum atomic E-state index is 13.5. The van der Waals surface area contributed by atoms with Gasteiger partial charge < -0.3 is 8.98 Å². The molecular formula is C20H12ClFN2O. The molecule has 122 valence electrons. The van der Waals surface area contributed by atoms with Gasteiger partial charge in [-0.2, -0.15) is 0 Å². The average molecular weight is 351 g/mol. The summed E-state index contributed by atoms with van der Waals surface area (Å²) in [6, 6.07) is 14.4.